The van der Waals surface area contributed by atoms with E-state index in [2.05, 4.69) is 34.0 Å². The summed E-state index contributed by atoms with van der Waals surface area (Å²) in [5, 5.41) is 4.12. The van der Waals surface area contributed by atoms with Gasteiger partial charge >= 0.3 is 0 Å². The maximum absolute atomic E-state index is 6.19. The number of aromatic nitrogens is 2. The van der Waals surface area contributed by atoms with Gasteiger partial charge in [0.2, 0.25) is 0 Å². The largest absolute Gasteiger partial charge is 0.379 e. The molecule has 6 heteroatoms. The lowest BCUT2D eigenvalue weighted by Gasteiger charge is -2.29. The number of aromatic amines is 1. The lowest BCUT2D eigenvalue weighted by molar-refractivity contribution is 0.0343. The van der Waals surface area contributed by atoms with Gasteiger partial charge in [-0.25, -0.2) is 4.98 Å². The Morgan fingerprint density at radius 2 is 2.19 bits per heavy atom. The fourth-order valence-corrected chi connectivity index (χ4v) is 2.75. The first-order valence-corrected chi connectivity index (χ1v) is 8.33. The van der Waals surface area contributed by atoms with E-state index in [1.807, 2.05) is 0 Å². The number of aryl methyl sites for hydroxylation is 1. The predicted molar refractivity (Wildman–Crippen MR) is 85.8 cm³/mol. The van der Waals surface area contributed by atoms with Crippen LogP contribution in [0.1, 0.15) is 38.2 Å². The molecule has 0 saturated carbocycles. The molecule has 21 heavy (non-hydrogen) atoms. The minimum Gasteiger partial charge on any atom is -0.379 e. The van der Waals surface area contributed by atoms with Gasteiger partial charge in [-0.1, -0.05) is 24.9 Å². The zero-order valence-electron chi connectivity index (χ0n) is 13.1. The summed E-state index contributed by atoms with van der Waals surface area (Å²) in [6.07, 6.45) is 3.28. The number of hydrogen-bond acceptors (Lipinski definition) is 4. The maximum atomic E-state index is 6.19. The SMILES string of the molecule is CCCCc1nc(Cl)c(CNC(C)CN2CCOCC2)[nH]1. The minimum absolute atomic E-state index is 0.418. The van der Waals surface area contributed by atoms with Crippen LogP contribution in [-0.4, -0.2) is 53.8 Å². The highest BCUT2D eigenvalue weighted by molar-refractivity contribution is 6.30. The van der Waals surface area contributed by atoms with Crippen molar-refractivity contribution < 1.29 is 4.74 Å². The average Bonchev–Trinajstić information content (AvgIpc) is 2.84. The lowest BCUT2D eigenvalue weighted by atomic mass is 10.2. The van der Waals surface area contributed by atoms with Gasteiger partial charge in [0.05, 0.1) is 18.9 Å². The molecule has 0 aliphatic carbocycles. The standard InChI is InChI=1S/C15H27ClN4O/c1-3-4-5-14-18-13(15(16)19-14)10-17-12(2)11-20-6-8-21-9-7-20/h12,17H,3-11H2,1-2H3,(H,18,19). The Labute approximate surface area is 132 Å². The van der Waals surface area contributed by atoms with Crippen LogP contribution in [0.5, 0.6) is 0 Å². The van der Waals surface area contributed by atoms with E-state index in [0.717, 1.165) is 63.8 Å². The van der Waals surface area contributed by atoms with Gasteiger partial charge in [-0.15, -0.1) is 0 Å². The molecule has 1 aliphatic heterocycles. The molecule has 1 saturated heterocycles. The Morgan fingerprint density at radius 3 is 2.90 bits per heavy atom. The molecule has 120 valence electrons. The number of imidazole rings is 1. The van der Waals surface area contributed by atoms with Crippen molar-refractivity contribution in [2.45, 2.75) is 45.7 Å². The van der Waals surface area contributed by atoms with Gasteiger partial charge in [0.25, 0.3) is 0 Å². The van der Waals surface area contributed by atoms with Crippen LogP contribution < -0.4 is 5.32 Å². The van der Waals surface area contributed by atoms with Crippen molar-refractivity contribution in [2.75, 3.05) is 32.8 Å². The Kier molecular flexibility index (Phi) is 6.96. The second-order valence-corrected chi connectivity index (χ2v) is 6.11. The summed E-state index contributed by atoms with van der Waals surface area (Å²) in [6.45, 7) is 9.91. The van der Waals surface area contributed by atoms with E-state index in [-0.39, 0.29) is 0 Å². The topological polar surface area (TPSA) is 53.2 Å². The smallest absolute Gasteiger partial charge is 0.151 e. The highest BCUT2D eigenvalue weighted by atomic mass is 35.5. The van der Waals surface area contributed by atoms with Gasteiger partial charge in [-0.3, -0.25) is 4.90 Å². The average molecular weight is 315 g/mol. The molecule has 1 aromatic heterocycles. The lowest BCUT2D eigenvalue weighted by Crippen LogP contribution is -2.44. The molecular weight excluding hydrogens is 288 g/mol. The van der Waals surface area contributed by atoms with Gasteiger partial charge < -0.3 is 15.0 Å². The first-order valence-electron chi connectivity index (χ1n) is 7.95. The van der Waals surface area contributed by atoms with Crippen molar-refractivity contribution in [1.29, 1.82) is 0 Å². The van der Waals surface area contributed by atoms with Crippen LogP contribution >= 0.6 is 11.6 Å². The van der Waals surface area contributed by atoms with E-state index >= 15 is 0 Å². The van der Waals surface area contributed by atoms with Crippen LogP contribution in [0.25, 0.3) is 0 Å². The molecule has 1 atom stereocenters. The van der Waals surface area contributed by atoms with Crippen molar-refractivity contribution >= 4 is 11.6 Å². The Bertz CT molecular complexity index is 418. The molecule has 2 N–H and O–H groups in total. The monoisotopic (exact) mass is 314 g/mol. The van der Waals surface area contributed by atoms with E-state index in [9.17, 15) is 0 Å². The molecule has 1 aromatic rings. The molecular formula is C15H27ClN4O. The molecule has 1 unspecified atom stereocenters. The Hall–Kier alpha value is -0.620. The van der Waals surface area contributed by atoms with E-state index < -0.39 is 0 Å². The summed E-state index contributed by atoms with van der Waals surface area (Å²) in [5.41, 5.74) is 0.997. The summed E-state index contributed by atoms with van der Waals surface area (Å²) < 4.78 is 5.37. The molecule has 2 heterocycles. The molecule has 0 spiro atoms. The van der Waals surface area contributed by atoms with Crippen LogP contribution in [0.2, 0.25) is 5.15 Å². The number of rotatable bonds is 8. The fraction of sp³-hybridized carbons (Fsp3) is 0.800. The fourth-order valence-electron chi connectivity index (χ4n) is 2.53. The van der Waals surface area contributed by atoms with Crippen molar-refractivity contribution in [3.63, 3.8) is 0 Å². The molecule has 2 rings (SSSR count). The molecule has 0 bridgehead atoms. The van der Waals surface area contributed by atoms with Gasteiger partial charge in [0.1, 0.15) is 5.82 Å². The number of ether oxygens (including phenoxy) is 1. The zero-order valence-corrected chi connectivity index (χ0v) is 13.9. The van der Waals surface area contributed by atoms with E-state index in [1.165, 1.54) is 6.42 Å². The zero-order chi connectivity index (χ0) is 15.1. The van der Waals surface area contributed by atoms with Crippen LogP contribution in [0.15, 0.2) is 0 Å². The normalized spacial score (nSPS) is 18.0. The molecule has 1 aliphatic rings. The molecule has 1 fully saturated rings. The first kappa shape index (κ1) is 16.7. The number of unbranched alkanes of at least 4 members (excludes halogenated alkanes) is 1. The molecule has 0 radical (unpaired) electrons. The molecule has 0 aromatic carbocycles. The van der Waals surface area contributed by atoms with Crippen LogP contribution in [0, 0.1) is 0 Å². The molecule has 5 nitrogen and oxygen atoms in total. The highest BCUT2D eigenvalue weighted by Crippen LogP contribution is 2.14. The van der Waals surface area contributed by atoms with Crippen LogP contribution in [-0.2, 0) is 17.7 Å². The number of nitrogens with one attached hydrogen (secondary N) is 2. The Balaban J connectivity index is 1.74. The van der Waals surface area contributed by atoms with Crippen molar-refractivity contribution in [3.8, 4) is 0 Å². The number of halogens is 1. The predicted octanol–water partition coefficient (Wildman–Crippen LogP) is 2.22. The quantitative estimate of drug-likeness (QED) is 0.772. The van der Waals surface area contributed by atoms with Crippen molar-refractivity contribution in [1.82, 2.24) is 20.2 Å². The van der Waals surface area contributed by atoms with Crippen LogP contribution in [0.3, 0.4) is 0 Å². The summed E-state index contributed by atoms with van der Waals surface area (Å²) >= 11 is 6.19. The third kappa shape index (κ3) is 5.58. The summed E-state index contributed by atoms with van der Waals surface area (Å²) in [5.74, 6) is 1.000. The molecule has 0 amide bonds. The third-order valence-corrected chi connectivity index (χ3v) is 4.12. The number of hydrogen-bond donors (Lipinski definition) is 2. The van der Waals surface area contributed by atoms with Gasteiger partial charge in [0, 0.05) is 38.6 Å². The van der Waals surface area contributed by atoms with Crippen LogP contribution in [0.4, 0.5) is 0 Å². The second kappa shape index (κ2) is 8.73. The Morgan fingerprint density at radius 1 is 1.43 bits per heavy atom. The third-order valence-electron chi connectivity index (χ3n) is 3.81. The van der Waals surface area contributed by atoms with E-state index in [0.29, 0.717) is 11.2 Å². The number of morpholine rings is 1. The first-order chi connectivity index (χ1) is 10.2. The number of H-pyrrole nitrogens is 1. The van der Waals surface area contributed by atoms with Gasteiger partial charge in [-0.2, -0.15) is 0 Å². The maximum Gasteiger partial charge on any atom is 0.151 e. The number of nitrogens with zero attached hydrogens (tertiary/aromatic N) is 2. The second-order valence-electron chi connectivity index (χ2n) is 5.75. The van der Waals surface area contributed by atoms with Crippen molar-refractivity contribution in [2.24, 2.45) is 0 Å². The summed E-state index contributed by atoms with van der Waals surface area (Å²) in [6, 6.07) is 0.418. The summed E-state index contributed by atoms with van der Waals surface area (Å²) in [4.78, 5) is 10.2. The van der Waals surface area contributed by atoms with E-state index in [4.69, 9.17) is 16.3 Å². The van der Waals surface area contributed by atoms with E-state index in [1.54, 1.807) is 0 Å². The van der Waals surface area contributed by atoms with Gasteiger partial charge in [-0.05, 0) is 13.3 Å². The van der Waals surface area contributed by atoms with Crippen molar-refractivity contribution in [3.05, 3.63) is 16.7 Å². The minimum atomic E-state index is 0.418. The highest BCUT2D eigenvalue weighted by Gasteiger charge is 2.14. The summed E-state index contributed by atoms with van der Waals surface area (Å²) in [7, 11) is 0. The van der Waals surface area contributed by atoms with Gasteiger partial charge in [0.15, 0.2) is 5.15 Å².